The minimum Gasteiger partial charge on any atom is -0.368 e. The van der Waals surface area contributed by atoms with Gasteiger partial charge in [-0.3, -0.25) is 4.57 Å². The fourth-order valence-corrected chi connectivity index (χ4v) is 3.11. The van der Waals surface area contributed by atoms with Gasteiger partial charge in [-0.1, -0.05) is 0 Å². The highest BCUT2D eigenvalue weighted by Crippen LogP contribution is 2.22. The van der Waals surface area contributed by atoms with E-state index in [0.717, 1.165) is 49.0 Å². The van der Waals surface area contributed by atoms with Crippen LogP contribution in [0.4, 0.5) is 16.0 Å². The van der Waals surface area contributed by atoms with E-state index < -0.39 is 0 Å². The van der Waals surface area contributed by atoms with Crippen molar-refractivity contribution in [3.63, 3.8) is 0 Å². The number of anilines is 2. The monoisotopic (exact) mass is 311 g/mol. The predicted octanol–water partition coefficient (Wildman–Crippen LogP) is 2.43. The fraction of sp³-hybridized carbons (Fsp3) is 0.294. The average Bonchev–Trinajstić information content (AvgIpc) is 2.93. The molecule has 1 aromatic carbocycles. The number of halogens is 1. The first-order chi connectivity index (χ1) is 11.2. The van der Waals surface area contributed by atoms with Crippen molar-refractivity contribution in [3.8, 4) is 0 Å². The summed E-state index contributed by atoms with van der Waals surface area (Å²) in [6.45, 7) is 3.55. The van der Waals surface area contributed by atoms with Crippen molar-refractivity contribution in [1.29, 1.82) is 0 Å². The third-order valence-corrected chi connectivity index (χ3v) is 4.36. The molecule has 118 valence electrons. The molecule has 1 aliphatic heterocycles. The summed E-state index contributed by atoms with van der Waals surface area (Å²) in [6.07, 6.45) is 1.79. The predicted molar refractivity (Wildman–Crippen MR) is 89.3 cm³/mol. The van der Waals surface area contributed by atoms with Crippen molar-refractivity contribution in [2.75, 3.05) is 36.0 Å². The molecule has 23 heavy (non-hydrogen) atoms. The average molecular weight is 311 g/mol. The summed E-state index contributed by atoms with van der Waals surface area (Å²) < 4.78 is 15.1. The molecule has 4 rings (SSSR count). The lowest BCUT2D eigenvalue weighted by atomic mass is 10.2. The second kappa shape index (κ2) is 5.53. The number of piperazine rings is 1. The summed E-state index contributed by atoms with van der Waals surface area (Å²) in [5, 5.41) is 0. The maximum atomic E-state index is 13.0. The van der Waals surface area contributed by atoms with E-state index in [1.807, 2.05) is 35.9 Å². The third-order valence-electron chi connectivity index (χ3n) is 4.36. The summed E-state index contributed by atoms with van der Waals surface area (Å²) in [6, 6.07) is 10.6. The first-order valence-corrected chi connectivity index (χ1v) is 7.75. The molecular weight excluding hydrogens is 293 g/mol. The molecule has 1 fully saturated rings. The lowest BCUT2D eigenvalue weighted by molar-refractivity contribution is 0.621. The van der Waals surface area contributed by atoms with Gasteiger partial charge in [0, 0.05) is 45.1 Å². The van der Waals surface area contributed by atoms with Gasteiger partial charge in [0.2, 0.25) is 5.95 Å². The van der Waals surface area contributed by atoms with Gasteiger partial charge in [0.25, 0.3) is 0 Å². The molecule has 0 saturated carbocycles. The van der Waals surface area contributed by atoms with Crippen molar-refractivity contribution in [2.45, 2.75) is 0 Å². The second-order valence-corrected chi connectivity index (χ2v) is 5.77. The maximum Gasteiger partial charge on any atom is 0.207 e. The van der Waals surface area contributed by atoms with Gasteiger partial charge >= 0.3 is 0 Å². The van der Waals surface area contributed by atoms with Gasteiger partial charge < -0.3 is 9.80 Å². The van der Waals surface area contributed by atoms with Gasteiger partial charge in [0.05, 0.1) is 0 Å². The zero-order valence-corrected chi connectivity index (χ0v) is 13.0. The molecule has 6 heteroatoms. The summed E-state index contributed by atoms with van der Waals surface area (Å²) in [7, 11) is 2.00. The fourth-order valence-electron chi connectivity index (χ4n) is 3.11. The number of fused-ring (bicyclic) bond motifs is 1. The molecular formula is C17H18FN5. The molecule has 3 aromatic rings. The van der Waals surface area contributed by atoms with Crippen LogP contribution in [0.25, 0.3) is 11.2 Å². The zero-order valence-electron chi connectivity index (χ0n) is 13.0. The van der Waals surface area contributed by atoms with Gasteiger partial charge in [-0.05, 0) is 36.4 Å². The Balaban J connectivity index is 1.52. The van der Waals surface area contributed by atoms with Crippen LogP contribution in [-0.4, -0.2) is 40.7 Å². The molecule has 5 nitrogen and oxygen atoms in total. The highest BCUT2D eigenvalue weighted by atomic mass is 19.1. The Kier molecular flexibility index (Phi) is 3.37. The SMILES string of the molecule is Cn1c(N2CCN(c3ccc(F)cc3)CC2)nc2cccnc21. The molecule has 0 amide bonds. The number of aromatic nitrogens is 3. The Morgan fingerprint density at radius 3 is 2.35 bits per heavy atom. The Morgan fingerprint density at radius 2 is 1.65 bits per heavy atom. The molecule has 0 bridgehead atoms. The molecule has 0 aliphatic carbocycles. The van der Waals surface area contributed by atoms with Gasteiger partial charge in [0.1, 0.15) is 11.3 Å². The topological polar surface area (TPSA) is 37.2 Å². The van der Waals surface area contributed by atoms with E-state index in [1.54, 1.807) is 6.20 Å². The van der Waals surface area contributed by atoms with E-state index in [2.05, 4.69) is 14.8 Å². The first-order valence-electron chi connectivity index (χ1n) is 7.75. The van der Waals surface area contributed by atoms with Crippen molar-refractivity contribution < 1.29 is 4.39 Å². The van der Waals surface area contributed by atoms with Crippen LogP contribution < -0.4 is 9.80 Å². The molecule has 1 saturated heterocycles. The van der Waals surface area contributed by atoms with Crippen molar-refractivity contribution in [1.82, 2.24) is 14.5 Å². The van der Waals surface area contributed by atoms with Crippen LogP contribution in [0.3, 0.4) is 0 Å². The smallest absolute Gasteiger partial charge is 0.207 e. The number of hydrogen-bond acceptors (Lipinski definition) is 4. The van der Waals surface area contributed by atoms with Crippen LogP contribution >= 0.6 is 0 Å². The lowest BCUT2D eigenvalue weighted by Gasteiger charge is -2.36. The van der Waals surface area contributed by atoms with Gasteiger partial charge in [-0.2, -0.15) is 0 Å². The Bertz CT molecular complexity index is 819. The van der Waals surface area contributed by atoms with Gasteiger partial charge in [-0.15, -0.1) is 0 Å². The summed E-state index contributed by atoms with van der Waals surface area (Å²) in [5.41, 5.74) is 2.90. The number of pyridine rings is 1. The molecule has 3 heterocycles. The van der Waals surface area contributed by atoms with Crippen LogP contribution in [0.1, 0.15) is 0 Å². The number of aryl methyl sites for hydroxylation is 1. The number of hydrogen-bond donors (Lipinski definition) is 0. The normalized spacial score (nSPS) is 15.4. The van der Waals surface area contributed by atoms with Crippen LogP contribution in [0.5, 0.6) is 0 Å². The first kappa shape index (κ1) is 14.0. The Labute approximate surface area is 134 Å². The molecule has 0 radical (unpaired) electrons. The second-order valence-electron chi connectivity index (χ2n) is 5.77. The number of benzene rings is 1. The Hall–Kier alpha value is -2.63. The van der Waals surface area contributed by atoms with E-state index in [0.29, 0.717) is 0 Å². The molecule has 1 aliphatic rings. The van der Waals surface area contributed by atoms with E-state index in [4.69, 9.17) is 4.98 Å². The number of imidazole rings is 1. The molecule has 0 spiro atoms. The van der Waals surface area contributed by atoms with E-state index in [-0.39, 0.29) is 5.82 Å². The van der Waals surface area contributed by atoms with E-state index >= 15 is 0 Å². The zero-order chi connectivity index (χ0) is 15.8. The van der Waals surface area contributed by atoms with Gasteiger partial charge in [0.15, 0.2) is 5.65 Å². The molecule has 0 unspecified atom stereocenters. The van der Waals surface area contributed by atoms with Crippen LogP contribution in [0, 0.1) is 5.82 Å². The highest BCUT2D eigenvalue weighted by molar-refractivity contribution is 5.74. The highest BCUT2D eigenvalue weighted by Gasteiger charge is 2.21. The van der Waals surface area contributed by atoms with Crippen molar-refractivity contribution in [3.05, 3.63) is 48.4 Å². The van der Waals surface area contributed by atoms with Gasteiger partial charge in [-0.25, -0.2) is 14.4 Å². The number of rotatable bonds is 2. The van der Waals surface area contributed by atoms with Crippen LogP contribution in [-0.2, 0) is 7.05 Å². The Morgan fingerprint density at radius 1 is 0.957 bits per heavy atom. The molecule has 0 N–H and O–H groups in total. The van der Waals surface area contributed by atoms with Crippen molar-refractivity contribution in [2.24, 2.45) is 7.05 Å². The summed E-state index contributed by atoms with van der Waals surface area (Å²) in [5.74, 6) is 0.761. The lowest BCUT2D eigenvalue weighted by Crippen LogP contribution is -2.47. The van der Waals surface area contributed by atoms with E-state index in [9.17, 15) is 4.39 Å². The third kappa shape index (κ3) is 2.50. The van der Waals surface area contributed by atoms with Crippen LogP contribution in [0.15, 0.2) is 42.6 Å². The summed E-state index contributed by atoms with van der Waals surface area (Å²) in [4.78, 5) is 13.7. The van der Waals surface area contributed by atoms with Crippen LogP contribution in [0.2, 0.25) is 0 Å². The van der Waals surface area contributed by atoms with E-state index in [1.165, 1.54) is 12.1 Å². The largest absolute Gasteiger partial charge is 0.368 e. The standard InChI is InChI=1S/C17H18FN5/c1-21-16-15(3-2-8-19-16)20-17(21)23-11-9-22(10-12-23)14-6-4-13(18)5-7-14/h2-8H,9-12H2,1H3. The van der Waals surface area contributed by atoms with Crippen molar-refractivity contribution >= 4 is 22.8 Å². The minimum atomic E-state index is -0.195. The molecule has 0 atom stereocenters. The minimum absolute atomic E-state index is 0.195. The quantitative estimate of drug-likeness (QED) is 0.728. The maximum absolute atomic E-state index is 13.0. The summed E-state index contributed by atoms with van der Waals surface area (Å²) >= 11 is 0. The molecule has 2 aromatic heterocycles. The number of nitrogens with zero attached hydrogens (tertiary/aromatic N) is 5.